The minimum atomic E-state index is -5.03. The van der Waals surface area contributed by atoms with E-state index >= 15 is 0 Å². The normalized spacial score (nSPS) is 20.9. The fourth-order valence-electron chi connectivity index (χ4n) is 5.08. The Labute approximate surface area is 218 Å². The van der Waals surface area contributed by atoms with Crippen LogP contribution in [0.25, 0.3) is 0 Å². The van der Waals surface area contributed by atoms with E-state index in [1.165, 1.54) is 24.9 Å². The number of amides is 3. The Balaban J connectivity index is 1.70. The first-order valence-corrected chi connectivity index (χ1v) is 12.0. The summed E-state index contributed by atoms with van der Waals surface area (Å²) in [5, 5.41) is 0.0254. The largest absolute Gasteiger partial charge is 0.416 e. The maximum absolute atomic E-state index is 13.8. The first kappa shape index (κ1) is 28.0. The van der Waals surface area contributed by atoms with Crippen molar-refractivity contribution in [1.82, 2.24) is 14.7 Å². The van der Waals surface area contributed by atoms with Crippen LogP contribution in [0.15, 0.2) is 36.4 Å². The highest BCUT2D eigenvalue weighted by Crippen LogP contribution is 2.42. The second-order valence-corrected chi connectivity index (χ2v) is 9.81. The van der Waals surface area contributed by atoms with Gasteiger partial charge in [0.15, 0.2) is 0 Å². The Kier molecular flexibility index (Phi) is 7.32. The molecule has 38 heavy (non-hydrogen) atoms. The van der Waals surface area contributed by atoms with Crippen LogP contribution < -0.4 is 0 Å². The van der Waals surface area contributed by atoms with Crippen LogP contribution in [0.3, 0.4) is 0 Å². The first-order valence-electron chi connectivity index (χ1n) is 11.7. The summed E-state index contributed by atoms with van der Waals surface area (Å²) in [5.74, 6) is -0.724. The third-order valence-electron chi connectivity index (χ3n) is 7.16. The summed E-state index contributed by atoms with van der Waals surface area (Å²) in [6.07, 6.45) is -9.44. The summed E-state index contributed by atoms with van der Waals surface area (Å²) >= 11 is 6.31. The van der Waals surface area contributed by atoms with Crippen molar-refractivity contribution in [1.29, 1.82) is 0 Å². The zero-order valence-electron chi connectivity index (χ0n) is 20.2. The van der Waals surface area contributed by atoms with Gasteiger partial charge in [-0.2, -0.15) is 26.3 Å². The van der Waals surface area contributed by atoms with Crippen LogP contribution in [0, 0.1) is 5.82 Å². The lowest BCUT2D eigenvalue weighted by Crippen LogP contribution is -2.57. The molecule has 2 heterocycles. The first-order chi connectivity index (χ1) is 17.6. The van der Waals surface area contributed by atoms with E-state index in [1.807, 2.05) is 0 Å². The van der Waals surface area contributed by atoms with Crippen molar-refractivity contribution in [2.75, 3.05) is 20.1 Å². The van der Waals surface area contributed by atoms with Crippen molar-refractivity contribution in [3.8, 4) is 0 Å². The van der Waals surface area contributed by atoms with Gasteiger partial charge in [-0.3, -0.25) is 4.79 Å². The van der Waals surface area contributed by atoms with Crippen LogP contribution in [0.2, 0.25) is 5.02 Å². The molecule has 0 bridgehead atoms. The fraction of sp³-hybridized carbons (Fsp3) is 0.440. The average Bonchev–Trinajstić information content (AvgIpc) is 3.21. The van der Waals surface area contributed by atoms with Gasteiger partial charge in [-0.05, 0) is 54.8 Å². The number of rotatable bonds is 3. The molecule has 5 nitrogen and oxygen atoms in total. The Morgan fingerprint density at radius 3 is 2.18 bits per heavy atom. The molecule has 206 valence electrons. The Bertz CT molecular complexity index is 1220. The summed E-state index contributed by atoms with van der Waals surface area (Å²) in [4.78, 5) is 30.1. The SMILES string of the molecule is CC(c1cc(C(F)(F)F)cc(C(F)(F)F)c1)N(C)C(=O)N1CCN2C(=O)CCC2C1c1ccc(F)cc1Cl. The molecule has 0 aromatic heterocycles. The topological polar surface area (TPSA) is 43.9 Å². The van der Waals surface area contributed by atoms with Crippen molar-refractivity contribution in [2.24, 2.45) is 0 Å². The number of hydrogen-bond acceptors (Lipinski definition) is 2. The van der Waals surface area contributed by atoms with E-state index < -0.39 is 53.5 Å². The van der Waals surface area contributed by atoms with Gasteiger partial charge in [-0.25, -0.2) is 9.18 Å². The molecule has 3 atom stereocenters. The van der Waals surface area contributed by atoms with Gasteiger partial charge in [0.2, 0.25) is 5.91 Å². The number of piperazine rings is 1. The number of alkyl halides is 6. The van der Waals surface area contributed by atoms with E-state index in [9.17, 15) is 40.3 Å². The second kappa shape index (κ2) is 9.94. The number of hydrogen-bond donors (Lipinski definition) is 0. The van der Waals surface area contributed by atoms with Crippen LogP contribution in [0.5, 0.6) is 0 Å². The van der Waals surface area contributed by atoms with E-state index in [2.05, 4.69) is 0 Å². The van der Waals surface area contributed by atoms with Crippen molar-refractivity contribution in [3.05, 3.63) is 69.5 Å². The molecule has 4 rings (SSSR count). The summed E-state index contributed by atoms with van der Waals surface area (Å²) in [7, 11) is 1.27. The second-order valence-electron chi connectivity index (χ2n) is 9.41. The number of carbonyl (C=O) groups excluding carboxylic acids is 2. The average molecular weight is 566 g/mol. The lowest BCUT2D eigenvalue weighted by molar-refractivity contribution is -0.143. The summed E-state index contributed by atoms with van der Waals surface area (Å²) < 4.78 is 94.1. The molecule has 0 N–H and O–H groups in total. The van der Waals surface area contributed by atoms with E-state index in [1.54, 1.807) is 4.90 Å². The Morgan fingerprint density at radius 2 is 1.63 bits per heavy atom. The predicted octanol–water partition coefficient (Wildman–Crippen LogP) is 6.68. The maximum Gasteiger partial charge on any atom is 0.416 e. The van der Waals surface area contributed by atoms with Crippen molar-refractivity contribution < 1.29 is 40.3 Å². The molecule has 2 aliphatic heterocycles. The molecule has 0 saturated carbocycles. The van der Waals surface area contributed by atoms with Gasteiger partial charge in [0.1, 0.15) is 5.82 Å². The number of carbonyl (C=O) groups is 2. The van der Waals surface area contributed by atoms with Gasteiger partial charge >= 0.3 is 18.4 Å². The lowest BCUT2D eigenvalue weighted by atomic mass is 9.93. The third kappa shape index (κ3) is 5.27. The molecular weight excluding hydrogens is 543 g/mol. The molecule has 0 spiro atoms. The van der Waals surface area contributed by atoms with E-state index in [-0.39, 0.29) is 42.1 Å². The van der Waals surface area contributed by atoms with Gasteiger partial charge < -0.3 is 14.7 Å². The number of nitrogens with zero attached hydrogens (tertiary/aromatic N) is 3. The smallest absolute Gasteiger partial charge is 0.335 e. The van der Waals surface area contributed by atoms with Crippen molar-refractivity contribution in [3.63, 3.8) is 0 Å². The van der Waals surface area contributed by atoms with Crippen LogP contribution >= 0.6 is 11.6 Å². The van der Waals surface area contributed by atoms with E-state index in [0.717, 1.165) is 17.0 Å². The van der Waals surface area contributed by atoms with Gasteiger partial charge in [0.25, 0.3) is 0 Å². The molecule has 2 fully saturated rings. The molecule has 2 aromatic rings. The molecule has 2 aliphatic rings. The van der Waals surface area contributed by atoms with Crippen molar-refractivity contribution in [2.45, 2.75) is 50.2 Å². The zero-order chi connectivity index (χ0) is 28.2. The van der Waals surface area contributed by atoms with Crippen LogP contribution in [0.4, 0.5) is 35.5 Å². The Hall–Kier alpha value is -3.02. The summed E-state index contributed by atoms with van der Waals surface area (Å²) in [6, 6.07) is 1.70. The lowest BCUT2D eigenvalue weighted by Gasteiger charge is -2.46. The third-order valence-corrected chi connectivity index (χ3v) is 7.49. The summed E-state index contributed by atoms with van der Waals surface area (Å²) in [6.45, 7) is 1.55. The fourth-order valence-corrected chi connectivity index (χ4v) is 5.36. The molecular formula is C25H23ClF7N3O2. The molecule has 13 heteroatoms. The minimum absolute atomic E-state index is 0.0254. The van der Waals surface area contributed by atoms with E-state index in [4.69, 9.17) is 11.6 Å². The number of halogens is 8. The monoisotopic (exact) mass is 565 g/mol. The minimum Gasteiger partial charge on any atom is -0.335 e. The quantitative estimate of drug-likeness (QED) is 0.390. The molecule has 2 saturated heterocycles. The Morgan fingerprint density at radius 1 is 1.03 bits per heavy atom. The molecule has 0 aliphatic carbocycles. The van der Waals surface area contributed by atoms with Crippen LogP contribution in [-0.2, 0) is 17.1 Å². The zero-order valence-corrected chi connectivity index (χ0v) is 21.0. The highest BCUT2D eigenvalue weighted by Gasteiger charge is 2.47. The molecule has 0 radical (unpaired) electrons. The van der Waals surface area contributed by atoms with Gasteiger partial charge in [-0.15, -0.1) is 0 Å². The van der Waals surface area contributed by atoms with Gasteiger partial charge in [0.05, 0.1) is 29.3 Å². The highest BCUT2D eigenvalue weighted by atomic mass is 35.5. The standard InChI is InChI=1S/C25H23ClF7N3O2/c1-13(14-9-15(24(28,29)30)11-16(10-14)25(31,32)33)34(2)23(38)36-8-7-35-20(5-6-21(35)37)22(36)18-4-3-17(27)12-19(18)26/h3-4,9-13,20,22H,5-8H2,1-2H3. The summed E-state index contributed by atoms with van der Waals surface area (Å²) in [5.41, 5.74) is -2.94. The highest BCUT2D eigenvalue weighted by molar-refractivity contribution is 6.31. The van der Waals surface area contributed by atoms with E-state index in [0.29, 0.717) is 24.1 Å². The van der Waals surface area contributed by atoms with Crippen LogP contribution in [-0.4, -0.2) is 52.8 Å². The van der Waals surface area contributed by atoms with Gasteiger partial charge in [0, 0.05) is 31.6 Å². The molecule has 3 unspecified atom stereocenters. The number of urea groups is 1. The van der Waals surface area contributed by atoms with Gasteiger partial charge in [-0.1, -0.05) is 17.7 Å². The van der Waals surface area contributed by atoms with Crippen LogP contribution in [0.1, 0.15) is 54.1 Å². The predicted molar refractivity (Wildman–Crippen MR) is 124 cm³/mol. The maximum atomic E-state index is 13.8. The molecule has 3 amide bonds. The number of benzene rings is 2. The van der Waals surface area contributed by atoms with Crippen molar-refractivity contribution >= 4 is 23.5 Å². The molecule has 2 aromatic carbocycles. The number of fused-ring (bicyclic) bond motifs is 1.